The van der Waals surface area contributed by atoms with E-state index < -0.39 is 5.92 Å². The third-order valence-electron chi connectivity index (χ3n) is 5.38. The molecule has 1 amide bonds. The molecule has 1 unspecified atom stereocenters. The number of benzene rings is 2. The number of hydrazine groups is 1. The Morgan fingerprint density at radius 2 is 1.83 bits per heavy atom. The monoisotopic (exact) mass is 418 g/mol. The Labute approximate surface area is 179 Å². The zero-order valence-corrected chi connectivity index (χ0v) is 16.8. The van der Waals surface area contributed by atoms with E-state index in [2.05, 4.69) is 11.5 Å². The minimum atomic E-state index is -0.656. The van der Waals surface area contributed by atoms with Crippen LogP contribution in [-0.4, -0.2) is 16.7 Å². The normalized spacial score (nSPS) is 18.7. The van der Waals surface area contributed by atoms with E-state index in [0.717, 1.165) is 0 Å². The molecule has 3 N–H and O–H groups in total. The third-order valence-corrected chi connectivity index (χ3v) is 5.72. The van der Waals surface area contributed by atoms with E-state index in [1.807, 2.05) is 12.1 Å². The summed E-state index contributed by atoms with van der Waals surface area (Å²) in [6, 6.07) is 17.9. The Morgan fingerprint density at radius 1 is 1.13 bits per heavy atom. The Morgan fingerprint density at radius 3 is 2.53 bits per heavy atom. The summed E-state index contributed by atoms with van der Waals surface area (Å²) in [7, 11) is 0. The average Bonchev–Trinajstić information content (AvgIpc) is 2.76. The second-order valence-corrected chi connectivity index (χ2v) is 7.55. The van der Waals surface area contributed by atoms with E-state index >= 15 is 0 Å². The van der Waals surface area contributed by atoms with Crippen molar-refractivity contribution in [3.8, 4) is 6.07 Å². The van der Waals surface area contributed by atoms with Gasteiger partial charge in [0.05, 0.1) is 17.6 Å². The summed E-state index contributed by atoms with van der Waals surface area (Å²) in [6.07, 6.45) is 1.56. The van der Waals surface area contributed by atoms with Crippen LogP contribution >= 0.6 is 11.6 Å². The SMILES string of the molecule is N#CC1=C(N)N(NC(=O)c2ccccc2)C2=C(C(=O)CCC2)C1c1ccccc1Cl. The van der Waals surface area contributed by atoms with Crippen LogP contribution in [0.4, 0.5) is 0 Å². The maximum atomic E-state index is 13.0. The number of hydrogen-bond donors (Lipinski definition) is 2. The van der Waals surface area contributed by atoms with Crippen LogP contribution in [0.2, 0.25) is 5.02 Å². The van der Waals surface area contributed by atoms with Crippen molar-refractivity contribution in [3.05, 3.63) is 93.4 Å². The first-order valence-corrected chi connectivity index (χ1v) is 9.97. The molecule has 1 atom stereocenters. The van der Waals surface area contributed by atoms with Crippen molar-refractivity contribution in [1.82, 2.24) is 10.4 Å². The number of amides is 1. The topological polar surface area (TPSA) is 99.2 Å². The van der Waals surface area contributed by atoms with Crippen molar-refractivity contribution in [3.63, 3.8) is 0 Å². The molecule has 1 aliphatic carbocycles. The lowest BCUT2D eigenvalue weighted by Gasteiger charge is -2.39. The minimum absolute atomic E-state index is 0.0691. The maximum Gasteiger partial charge on any atom is 0.270 e. The molecule has 1 heterocycles. The second-order valence-electron chi connectivity index (χ2n) is 7.14. The smallest absolute Gasteiger partial charge is 0.270 e. The fourth-order valence-electron chi connectivity index (χ4n) is 3.99. The highest BCUT2D eigenvalue weighted by Gasteiger charge is 2.41. The summed E-state index contributed by atoms with van der Waals surface area (Å²) in [5.74, 6) is -1.01. The predicted molar refractivity (Wildman–Crippen MR) is 113 cm³/mol. The zero-order valence-electron chi connectivity index (χ0n) is 16.1. The molecule has 1 aliphatic heterocycles. The van der Waals surface area contributed by atoms with Gasteiger partial charge in [0.15, 0.2) is 5.78 Å². The van der Waals surface area contributed by atoms with Gasteiger partial charge < -0.3 is 5.73 Å². The molecule has 7 heteroatoms. The van der Waals surface area contributed by atoms with Crippen LogP contribution < -0.4 is 11.2 Å². The van der Waals surface area contributed by atoms with Crippen LogP contribution in [0.25, 0.3) is 0 Å². The Kier molecular flexibility index (Phi) is 5.30. The van der Waals surface area contributed by atoms with E-state index in [0.29, 0.717) is 46.7 Å². The van der Waals surface area contributed by atoms with Gasteiger partial charge in [-0.2, -0.15) is 5.26 Å². The number of carbonyl (C=O) groups is 2. The van der Waals surface area contributed by atoms with Gasteiger partial charge in [0.25, 0.3) is 5.91 Å². The number of nitriles is 1. The lowest BCUT2D eigenvalue weighted by molar-refractivity contribution is -0.116. The van der Waals surface area contributed by atoms with Crippen molar-refractivity contribution in [1.29, 1.82) is 5.26 Å². The van der Waals surface area contributed by atoms with Gasteiger partial charge in [-0.1, -0.05) is 48.0 Å². The van der Waals surface area contributed by atoms with E-state index in [-0.39, 0.29) is 23.1 Å². The predicted octanol–water partition coefficient (Wildman–Crippen LogP) is 3.79. The summed E-state index contributed by atoms with van der Waals surface area (Å²) in [5, 5.41) is 11.8. The van der Waals surface area contributed by atoms with E-state index in [4.69, 9.17) is 17.3 Å². The number of ketones is 1. The first kappa shape index (κ1) is 19.7. The molecule has 0 radical (unpaired) electrons. The molecule has 2 aromatic carbocycles. The molecule has 150 valence electrons. The number of nitrogens with one attached hydrogen (secondary N) is 1. The van der Waals surface area contributed by atoms with Crippen molar-refractivity contribution in [2.75, 3.05) is 0 Å². The molecule has 0 spiro atoms. The number of hydrogen-bond acceptors (Lipinski definition) is 5. The van der Waals surface area contributed by atoms with Crippen LogP contribution in [0.1, 0.15) is 41.1 Å². The van der Waals surface area contributed by atoms with Crippen molar-refractivity contribution in [2.24, 2.45) is 5.73 Å². The van der Waals surface area contributed by atoms with Crippen molar-refractivity contribution >= 4 is 23.3 Å². The number of allylic oxidation sites excluding steroid dienone is 3. The highest BCUT2D eigenvalue weighted by atomic mass is 35.5. The lowest BCUT2D eigenvalue weighted by atomic mass is 9.76. The molecule has 0 fully saturated rings. The number of halogens is 1. The van der Waals surface area contributed by atoms with Crippen LogP contribution in [0.5, 0.6) is 0 Å². The first-order valence-electron chi connectivity index (χ1n) is 9.59. The van der Waals surface area contributed by atoms with Gasteiger partial charge >= 0.3 is 0 Å². The van der Waals surface area contributed by atoms with Gasteiger partial charge in [-0.25, -0.2) is 5.01 Å². The van der Waals surface area contributed by atoms with E-state index in [1.54, 1.807) is 42.5 Å². The number of carbonyl (C=O) groups excluding carboxylic acids is 2. The molecule has 0 saturated carbocycles. The Bertz CT molecular complexity index is 1130. The molecule has 0 aromatic heterocycles. The van der Waals surface area contributed by atoms with Gasteiger partial charge in [0, 0.05) is 28.3 Å². The quantitative estimate of drug-likeness (QED) is 0.790. The zero-order chi connectivity index (χ0) is 21.3. The highest BCUT2D eigenvalue weighted by Crippen LogP contribution is 2.45. The highest BCUT2D eigenvalue weighted by molar-refractivity contribution is 6.31. The fourth-order valence-corrected chi connectivity index (χ4v) is 4.23. The van der Waals surface area contributed by atoms with Gasteiger partial charge in [-0.15, -0.1) is 0 Å². The summed E-state index contributed by atoms with van der Waals surface area (Å²) >= 11 is 6.42. The van der Waals surface area contributed by atoms with Gasteiger partial charge in [0.2, 0.25) is 0 Å². The molecule has 6 nitrogen and oxygen atoms in total. The number of Topliss-reactive ketones (excluding diaryl/α,β-unsaturated/α-hetero) is 1. The van der Waals surface area contributed by atoms with Gasteiger partial charge in [0.1, 0.15) is 5.82 Å². The second kappa shape index (κ2) is 8.05. The van der Waals surface area contributed by atoms with Gasteiger partial charge in [-0.3, -0.25) is 15.0 Å². The van der Waals surface area contributed by atoms with Crippen LogP contribution in [0, 0.1) is 11.3 Å². The lowest BCUT2D eigenvalue weighted by Crippen LogP contribution is -2.48. The summed E-state index contributed by atoms with van der Waals surface area (Å²) in [5.41, 5.74) is 11.5. The maximum absolute atomic E-state index is 13.0. The summed E-state index contributed by atoms with van der Waals surface area (Å²) in [4.78, 5) is 25.8. The third kappa shape index (κ3) is 3.34. The standard InChI is InChI=1S/C23H19ClN4O2/c24-17-10-5-4-9-15(17)20-16(13-25)22(26)28(18-11-6-12-19(29)21(18)20)27-23(30)14-7-2-1-3-8-14/h1-5,7-10,20H,6,11-12,26H2,(H,27,30). The molecular formula is C23H19ClN4O2. The van der Waals surface area contributed by atoms with Crippen molar-refractivity contribution < 1.29 is 9.59 Å². The number of rotatable bonds is 3. The Balaban J connectivity index is 1.84. The Hall–Kier alpha value is -3.56. The summed E-state index contributed by atoms with van der Waals surface area (Å²) < 4.78 is 0. The van der Waals surface area contributed by atoms with Crippen molar-refractivity contribution in [2.45, 2.75) is 25.2 Å². The minimum Gasteiger partial charge on any atom is -0.383 e. The first-order chi connectivity index (χ1) is 14.5. The molecule has 2 aliphatic rings. The van der Waals surface area contributed by atoms with Crippen LogP contribution in [0.3, 0.4) is 0 Å². The molecule has 0 saturated heterocycles. The van der Waals surface area contributed by atoms with Crippen LogP contribution in [-0.2, 0) is 4.79 Å². The van der Waals surface area contributed by atoms with E-state index in [1.165, 1.54) is 5.01 Å². The molecule has 2 aromatic rings. The molecule has 0 bridgehead atoms. The van der Waals surface area contributed by atoms with E-state index in [9.17, 15) is 14.9 Å². The summed E-state index contributed by atoms with van der Waals surface area (Å²) in [6.45, 7) is 0. The average molecular weight is 419 g/mol. The molecule has 30 heavy (non-hydrogen) atoms. The fraction of sp³-hybridized carbons (Fsp3) is 0.174. The molecule has 4 rings (SSSR count). The number of nitrogens with zero attached hydrogens (tertiary/aromatic N) is 2. The van der Waals surface area contributed by atoms with Gasteiger partial charge in [-0.05, 0) is 36.6 Å². The largest absolute Gasteiger partial charge is 0.383 e. The molecular weight excluding hydrogens is 400 g/mol. The van der Waals surface area contributed by atoms with Crippen LogP contribution in [0.15, 0.2) is 77.3 Å². The number of nitrogens with two attached hydrogens (primary N) is 1.